The van der Waals surface area contributed by atoms with E-state index in [9.17, 15) is 9.59 Å². The fraction of sp³-hybridized carbons (Fsp3) is 0.389. The topological polar surface area (TPSA) is 73.2 Å². The van der Waals surface area contributed by atoms with Crippen LogP contribution in [0.5, 0.6) is 0 Å². The Kier molecular flexibility index (Phi) is 3.80. The van der Waals surface area contributed by atoms with Crippen LogP contribution >= 0.6 is 0 Å². The van der Waals surface area contributed by atoms with Gasteiger partial charge in [0.1, 0.15) is 5.82 Å². The third-order valence-electron chi connectivity index (χ3n) is 4.78. The first-order valence-corrected chi connectivity index (χ1v) is 8.35. The molecule has 24 heavy (non-hydrogen) atoms. The number of carbonyl (C=O) groups is 2. The van der Waals surface area contributed by atoms with Crippen molar-refractivity contribution in [1.82, 2.24) is 9.78 Å². The van der Waals surface area contributed by atoms with Gasteiger partial charge in [-0.1, -0.05) is 31.0 Å². The maximum atomic E-state index is 12.6. The molecule has 2 aliphatic rings. The number of cyclic esters (lactones) is 1. The van der Waals surface area contributed by atoms with Gasteiger partial charge < -0.3 is 10.1 Å². The van der Waals surface area contributed by atoms with Gasteiger partial charge in [0.25, 0.3) is 5.91 Å². The summed E-state index contributed by atoms with van der Waals surface area (Å²) in [5.74, 6) is -0.0827. The summed E-state index contributed by atoms with van der Waals surface area (Å²) in [5.41, 5.74) is 1.38. The molecule has 0 radical (unpaired) electrons. The van der Waals surface area contributed by atoms with Crippen molar-refractivity contribution < 1.29 is 14.3 Å². The molecule has 0 bridgehead atoms. The number of nitrogens with zero attached hydrogens (tertiary/aromatic N) is 2. The smallest absolute Gasteiger partial charge is 0.339 e. The van der Waals surface area contributed by atoms with Gasteiger partial charge in [0.05, 0.1) is 17.8 Å². The SMILES string of the molecule is O=C1O[C@@H](C(=O)Nc2ccnn2C2CCCC2)Cc2ccccc21. The van der Waals surface area contributed by atoms with Crippen molar-refractivity contribution in [3.63, 3.8) is 0 Å². The lowest BCUT2D eigenvalue weighted by atomic mass is 9.98. The van der Waals surface area contributed by atoms with Crippen LogP contribution in [-0.2, 0) is 16.0 Å². The van der Waals surface area contributed by atoms with Gasteiger partial charge in [-0.3, -0.25) is 4.79 Å². The molecule has 1 amide bonds. The summed E-state index contributed by atoms with van der Waals surface area (Å²) in [4.78, 5) is 24.6. The van der Waals surface area contributed by atoms with Gasteiger partial charge in [0.2, 0.25) is 0 Å². The number of hydrogen-bond donors (Lipinski definition) is 1. The molecule has 1 aliphatic carbocycles. The molecule has 1 N–H and O–H groups in total. The molecule has 0 saturated heterocycles. The van der Waals surface area contributed by atoms with Crippen LogP contribution < -0.4 is 5.32 Å². The van der Waals surface area contributed by atoms with Crippen molar-refractivity contribution in [1.29, 1.82) is 0 Å². The maximum absolute atomic E-state index is 12.6. The number of rotatable bonds is 3. The Morgan fingerprint density at radius 2 is 2.00 bits per heavy atom. The van der Waals surface area contributed by atoms with Crippen LogP contribution in [0.2, 0.25) is 0 Å². The molecule has 1 fully saturated rings. The molecule has 0 spiro atoms. The van der Waals surface area contributed by atoms with Crippen molar-refractivity contribution in [2.75, 3.05) is 5.32 Å². The molecule has 6 heteroatoms. The molecular formula is C18H19N3O3. The molecular weight excluding hydrogens is 306 g/mol. The van der Waals surface area contributed by atoms with E-state index < -0.39 is 12.1 Å². The van der Waals surface area contributed by atoms with Crippen molar-refractivity contribution in [2.45, 2.75) is 44.2 Å². The van der Waals surface area contributed by atoms with E-state index in [1.165, 1.54) is 12.8 Å². The number of anilines is 1. The van der Waals surface area contributed by atoms with E-state index in [0.29, 0.717) is 23.8 Å². The van der Waals surface area contributed by atoms with Gasteiger partial charge in [0, 0.05) is 12.5 Å². The van der Waals surface area contributed by atoms with Crippen LogP contribution in [0.3, 0.4) is 0 Å². The highest BCUT2D eigenvalue weighted by molar-refractivity contribution is 5.99. The van der Waals surface area contributed by atoms with Crippen LogP contribution in [0.15, 0.2) is 36.5 Å². The van der Waals surface area contributed by atoms with E-state index in [1.54, 1.807) is 24.4 Å². The van der Waals surface area contributed by atoms with E-state index in [-0.39, 0.29) is 5.91 Å². The Morgan fingerprint density at radius 1 is 1.21 bits per heavy atom. The molecule has 4 rings (SSSR count). The van der Waals surface area contributed by atoms with E-state index in [0.717, 1.165) is 18.4 Å². The summed E-state index contributed by atoms with van der Waals surface area (Å²) in [6.45, 7) is 0. The predicted molar refractivity (Wildman–Crippen MR) is 87.7 cm³/mol. The quantitative estimate of drug-likeness (QED) is 0.881. The van der Waals surface area contributed by atoms with Crippen LogP contribution in [0.1, 0.15) is 47.6 Å². The Morgan fingerprint density at radius 3 is 2.83 bits per heavy atom. The number of carbonyl (C=O) groups excluding carboxylic acids is 2. The molecule has 1 aromatic carbocycles. The van der Waals surface area contributed by atoms with E-state index >= 15 is 0 Å². The number of hydrogen-bond acceptors (Lipinski definition) is 4. The zero-order valence-corrected chi connectivity index (χ0v) is 13.3. The summed E-state index contributed by atoms with van der Waals surface area (Å²) >= 11 is 0. The van der Waals surface area contributed by atoms with Gasteiger partial charge in [-0.05, 0) is 24.5 Å². The normalized spacial score (nSPS) is 20.5. The minimum atomic E-state index is -0.806. The Bertz CT molecular complexity index is 777. The first-order valence-electron chi connectivity index (χ1n) is 8.35. The zero-order chi connectivity index (χ0) is 16.5. The van der Waals surface area contributed by atoms with Crippen LogP contribution in [0.4, 0.5) is 5.82 Å². The third-order valence-corrected chi connectivity index (χ3v) is 4.78. The highest BCUT2D eigenvalue weighted by Gasteiger charge is 2.32. The minimum Gasteiger partial charge on any atom is -0.448 e. The van der Waals surface area contributed by atoms with Gasteiger partial charge >= 0.3 is 5.97 Å². The molecule has 6 nitrogen and oxygen atoms in total. The van der Waals surface area contributed by atoms with Gasteiger partial charge in [-0.25, -0.2) is 9.48 Å². The largest absolute Gasteiger partial charge is 0.448 e. The highest BCUT2D eigenvalue weighted by Crippen LogP contribution is 2.31. The number of nitrogens with one attached hydrogen (secondary N) is 1. The molecule has 2 aromatic rings. The fourth-order valence-corrected chi connectivity index (χ4v) is 3.54. The Labute approximate surface area is 139 Å². The first-order chi connectivity index (χ1) is 11.7. The fourth-order valence-electron chi connectivity index (χ4n) is 3.54. The van der Waals surface area contributed by atoms with Crippen LogP contribution in [-0.4, -0.2) is 27.8 Å². The summed E-state index contributed by atoms with van der Waals surface area (Å²) < 4.78 is 7.19. The first kappa shape index (κ1) is 14.9. The zero-order valence-electron chi connectivity index (χ0n) is 13.3. The summed E-state index contributed by atoms with van der Waals surface area (Å²) in [7, 11) is 0. The second kappa shape index (κ2) is 6.11. The lowest BCUT2D eigenvalue weighted by Gasteiger charge is -2.24. The second-order valence-electron chi connectivity index (χ2n) is 6.34. The monoisotopic (exact) mass is 325 g/mol. The van der Waals surface area contributed by atoms with Crippen molar-refractivity contribution in [2.24, 2.45) is 0 Å². The minimum absolute atomic E-state index is 0.308. The van der Waals surface area contributed by atoms with Crippen molar-refractivity contribution in [3.05, 3.63) is 47.7 Å². The molecule has 1 aliphatic heterocycles. The summed E-state index contributed by atoms with van der Waals surface area (Å²) in [6, 6.07) is 9.36. The van der Waals surface area contributed by atoms with Crippen molar-refractivity contribution in [3.8, 4) is 0 Å². The van der Waals surface area contributed by atoms with E-state index in [4.69, 9.17) is 4.74 Å². The number of ether oxygens (including phenoxy) is 1. The highest BCUT2D eigenvalue weighted by atomic mass is 16.5. The predicted octanol–water partition coefficient (Wildman–Crippen LogP) is 2.72. The van der Waals surface area contributed by atoms with Crippen molar-refractivity contribution >= 4 is 17.7 Å². The number of benzene rings is 1. The summed E-state index contributed by atoms with van der Waals surface area (Å²) in [5, 5.41) is 7.21. The number of aromatic nitrogens is 2. The average Bonchev–Trinajstić information content (AvgIpc) is 3.25. The van der Waals surface area contributed by atoms with Crippen LogP contribution in [0, 0.1) is 0 Å². The van der Waals surface area contributed by atoms with Gasteiger partial charge in [-0.2, -0.15) is 5.10 Å². The second-order valence-corrected chi connectivity index (χ2v) is 6.34. The summed E-state index contributed by atoms with van der Waals surface area (Å²) in [6.07, 6.45) is 5.82. The lowest BCUT2D eigenvalue weighted by Crippen LogP contribution is -2.38. The average molecular weight is 325 g/mol. The molecule has 1 saturated carbocycles. The standard InChI is InChI=1S/C18H19N3O3/c22-17(15-11-12-5-1-4-8-14(12)18(23)24-15)20-16-9-10-19-21(16)13-6-2-3-7-13/h1,4-5,8-10,13,15H,2-3,6-7,11H2,(H,20,22)/t15-/m1/s1. The Hall–Kier alpha value is -2.63. The number of fused-ring (bicyclic) bond motifs is 1. The number of amides is 1. The van der Waals surface area contributed by atoms with E-state index in [2.05, 4.69) is 10.4 Å². The van der Waals surface area contributed by atoms with Gasteiger partial charge in [-0.15, -0.1) is 0 Å². The lowest BCUT2D eigenvalue weighted by molar-refractivity contribution is -0.125. The molecule has 1 aromatic heterocycles. The molecule has 124 valence electrons. The molecule has 1 atom stereocenters. The molecule has 2 heterocycles. The number of esters is 1. The third kappa shape index (κ3) is 2.68. The van der Waals surface area contributed by atoms with E-state index in [1.807, 2.05) is 16.8 Å². The molecule has 0 unspecified atom stereocenters. The maximum Gasteiger partial charge on any atom is 0.339 e. The Balaban J connectivity index is 1.50. The van der Waals surface area contributed by atoms with Crippen LogP contribution in [0.25, 0.3) is 0 Å². The van der Waals surface area contributed by atoms with Gasteiger partial charge in [0.15, 0.2) is 6.10 Å².